The van der Waals surface area contributed by atoms with Gasteiger partial charge in [0.1, 0.15) is 37.1 Å². The summed E-state index contributed by atoms with van der Waals surface area (Å²) in [6.07, 6.45) is -11.3. The first-order chi connectivity index (χ1) is 33.3. The Balaban J connectivity index is 1.19. The molecule has 2 aliphatic heterocycles. The van der Waals surface area contributed by atoms with Gasteiger partial charge in [0.2, 0.25) is 0 Å². The molecule has 0 amide bonds. The van der Waals surface area contributed by atoms with E-state index in [1.165, 1.54) is 7.11 Å². The van der Waals surface area contributed by atoms with Gasteiger partial charge in [-0.05, 0) is 60.0 Å². The van der Waals surface area contributed by atoms with E-state index in [4.69, 9.17) is 47.4 Å². The van der Waals surface area contributed by atoms with Crippen LogP contribution in [0.5, 0.6) is 0 Å². The summed E-state index contributed by atoms with van der Waals surface area (Å²) in [4.78, 5) is 41.6. The fraction of sp³-hybridized carbons (Fsp3) is 0.291. The van der Waals surface area contributed by atoms with Crippen LogP contribution in [0.1, 0.15) is 54.7 Å². The van der Waals surface area contributed by atoms with Crippen LogP contribution in [0.3, 0.4) is 0 Å². The van der Waals surface area contributed by atoms with E-state index in [2.05, 4.69) is 0 Å². The van der Waals surface area contributed by atoms with Gasteiger partial charge in [-0.15, -0.1) is 0 Å². The van der Waals surface area contributed by atoms with Crippen LogP contribution in [0.2, 0.25) is 0 Å². The number of hydrogen-bond donors (Lipinski definition) is 0. The summed E-state index contributed by atoms with van der Waals surface area (Å²) in [6, 6.07) is 54.3. The van der Waals surface area contributed by atoms with Crippen LogP contribution in [0.15, 0.2) is 182 Å². The first kappa shape index (κ1) is 47.9. The van der Waals surface area contributed by atoms with Crippen molar-refractivity contribution in [2.45, 2.75) is 88.2 Å². The Hall–Kier alpha value is -6.55. The van der Waals surface area contributed by atoms with Crippen molar-refractivity contribution in [3.63, 3.8) is 0 Å². The lowest BCUT2D eigenvalue weighted by Crippen LogP contribution is -2.66. The summed E-state index contributed by atoms with van der Waals surface area (Å²) in [5.74, 6) is -2.14. The van der Waals surface area contributed by atoms with Gasteiger partial charge in [-0.1, -0.05) is 146 Å². The van der Waals surface area contributed by atoms with Crippen molar-refractivity contribution in [1.82, 2.24) is 0 Å². The van der Waals surface area contributed by atoms with E-state index in [9.17, 15) is 14.4 Å². The third kappa shape index (κ3) is 12.5. The molecule has 352 valence electrons. The van der Waals surface area contributed by atoms with Crippen LogP contribution in [0, 0.1) is 0 Å². The zero-order valence-electron chi connectivity index (χ0n) is 37.7. The number of ether oxygens (including phenoxy) is 10. The van der Waals surface area contributed by atoms with E-state index in [0.29, 0.717) is 5.56 Å². The van der Waals surface area contributed by atoms with Crippen LogP contribution >= 0.6 is 0 Å². The van der Waals surface area contributed by atoms with Gasteiger partial charge in [-0.2, -0.15) is 0 Å². The number of hydrogen-bond acceptors (Lipinski definition) is 13. The quantitative estimate of drug-likeness (QED) is 0.0566. The maximum atomic E-state index is 14.2. The zero-order valence-corrected chi connectivity index (χ0v) is 37.7. The Morgan fingerprint density at radius 1 is 0.426 bits per heavy atom. The molecule has 6 aromatic carbocycles. The standard InChI is InChI=1S/C55H54O13/c1-37-45(60-33-38-21-9-3-10-22-38)47(61-34-39-23-11-4-12-24-39)49(62-35-40-25-13-5-14-26-40)55(64-37)68-46-44(36-63-51(56)41-27-15-6-16-28-41)65-54(59-2)50(67-53(58)43-31-19-8-20-32-43)48(46)66-52(57)42-29-17-7-18-30-42/h3-32,37,44-50,54-55H,33-36H2,1-2H3/t37-,44+,45+,46+,47+,48-,49-,50+,54-,55-/m0/s1. The molecule has 0 spiro atoms. The summed E-state index contributed by atoms with van der Waals surface area (Å²) in [6.45, 7) is 2.00. The maximum absolute atomic E-state index is 14.2. The fourth-order valence-corrected chi connectivity index (χ4v) is 8.11. The van der Waals surface area contributed by atoms with Gasteiger partial charge in [-0.3, -0.25) is 0 Å². The predicted octanol–water partition coefficient (Wildman–Crippen LogP) is 8.55. The molecule has 0 N–H and O–H groups in total. The van der Waals surface area contributed by atoms with Crippen molar-refractivity contribution in [1.29, 1.82) is 0 Å². The summed E-state index contributed by atoms with van der Waals surface area (Å²) in [5.41, 5.74) is 3.46. The molecule has 2 fully saturated rings. The number of methoxy groups -OCH3 is 1. The molecule has 10 atom stereocenters. The fourth-order valence-electron chi connectivity index (χ4n) is 8.11. The molecule has 0 aliphatic carbocycles. The first-order valence-corrected chi connectivity index (χ1v) is 22.5. The molecule has 68 heavy (non-hydrogen) atoms. The summed E-state index contributed by atoms with van der Waals surface area (Å²) >= 11 is 0. The lowest BCUT2D eigenvalue weighted by atomic mass is 9.96. The summed E-state index contributed by atoms with van der Waals surface area (Å²) < 4.78 is 65.0. The Kier molecular flexibility index (Phi) is 16.9. The second-order valence-corrected chi connectivity index (χ2v) is 16.3. The largest absolute Gasteiger partial charge is 0.459 e. The normalized spacial score (nSPS) is 24.6. The van der Waals surface area contributed by atoms with E-state index in [0.717, 1.165) is 16.7 Å². The highest BCUT2D eigenvalue weighted by Crippen LogP contribution is 2.36. The summed E-state index contributed by atoms with van der Waals surface area (Å²) in [5, 5.41) is 0. The molecular weight excluding hydrogens is 869 g/mol. The van der Waals surface area contributed by atoms with Gasteiger partial charge in [-0.25, -0.2) is 14.4 Å². The Bertz CT molecular complexity index is 2460. The van der Waals surface area contributed by atoms with Gasteiger partial charge in [0.15, 0.2) is 24.8 Å². The second kappa shape index (κ2) is 23.9. The molecular formula is C55H54O13. The number of carbonyl (C=O) groups is 3. The summed E-state index contributed by atoms with van der Waals surface area (Å²) in [7, 11) is 1.36. The lowest BCUT2D eigenvalue weighted by molar-refractivity contribution is -0.363. The average Bonchev–Trinajstić information content (AvgIpc) is 3.39. The topological polar surface area (TPSA) is 144 Å². The minimum atomic E-state index is -1.46. The molecule has 0 saturated carbocycles. The van der Waals surface area contributed by atoms with Crippen molar-refractivity contribution < 1.29 is 61.8 Å². The third-order valence-electron chi connectivity index (χ3n) is 11.6. The molecule has 0 aromatic heterocycles. The van der Waals surface area contributed by atoms with Crippen LogP contribution in [-0.2, 0) is 67.2 Å². The number of carbonyl (C=O) groups excluding carboxylic acids is 3. The highest BCUT2D eigenvalue weighted by atomic mass is 16.8. The van der Waals surface area contributed by atoms with E-state index >= 15 is 0 Å². The van der Waals surface area contributed by atoms with Crippen LogP contribution in [0.25, 0.3) is 0 Å². The predicted molar refractivity (Wildman–Crippen MR) is 248 cm³/mol. The van der Waals surface area contributed by atoms with Gasteiger partial charge < -0.3 is 47.4 Å². The van der Waals surface area contributed by atoms with Crippen molar-refractivity contribution in [2.24, 2.45) is 0 Å². The smallest absolute Gasteiger partial charge is 0.338 e. The lowest BCUT2D eigenvalue weighted by Gasteiger charge is -2.49. The molecule has 13 nitrogen and oxygen atoms in total. The average molecular weight is 923 g/mol. The molecule has 2 aliphatic rings. The Labute approximate surface area is 395 Å². The number of benzene rings is 6. The zero-order chi connectivity index (χ0) is 47.1. The molecule has 0 radical (unpaired) electrons. The third-order valence-corrected chi connectivity index (χ3v) is 11.6. The molecule has 13 heteroatoms. The Morgan fingerprint density at radius 2 is 0.824 bits per heavy atom. The Morgan fingerprint density at radius 3 is 1.28 bits per heavy atom. The van der Waals surface area contributed by atoms with Gasteiger partial charge >= 0.3 is 17.9 Å². The van der Waals surface area contributed by atoms with E-state index in [-0.39, 0.29) is 30.9 Å². The number of esters is 3. The molecule has 0 unspecified atom stereocenters. The SMILES string of the molecule is CO[C@H]1O[C@H](COC(=O)c2ccccc2)[C@@H](O[C@@H]2O[C@@H](C)[C@@H](OCc3ccccc3)[C@@H](OCc3ccccc3)[C@@H]2OCc2ccccc2)[C@H](OC(=O)c2ccccc2)[C@H]1OC(=O)c1ccccc1. The molecule has 6 aromatic rings. The number of rotatable bonds is 19. The van der Waals surface area contributed by atoms with Gasteiger partial charge in [0.25, 0.3) is 0 Å². The van der Waals surface area contributed by atoms with Crippen molar-refractivity contribution in [2.75, 3.05) is 13.7 Å². The van der Waals surface area contributed by atoms with Crippen molar-refractivity contribution in [3.05, 3.63) is 215 Å². The monoisotopic (exact) mass is 922 g/mol. The van der Waals surface area contributed by atoms with Crippen molar-refractivity contribution in [3.8, 4) is 0 Å². The molecule has 8 rings (SSSR count). The highest BCUT2D eigenvalue weighted by Gasteiger charge is 2.56. The molecule has 0 bridgehead atoms. The van der Waals surface area contributed by atoms with Crippen LogP contribution < -0.4 is 0 Å². The van der Waals surface area contributed by atoms with E-state index in [1.807, 2.05) is 97.9 Å². The molecule has 2 heterocycles. The second-order valence-electron chi connectivity index (χ2n) is 16.3. The minimum Gasteiger partial charge on any atom is -0.459 e. The highest BCUT2D eigenvalue weighted by molar-refractivity contribution is 5.90. The van der Waals surface area contributed by atoms with Gasteiger partial charge in [0.05, 0.1) is 42.6 Å². The maximum Gasteiger partial charge on any atom is 0.338 e. The van der Waals surface area contributed by atoms with Crippen LogP contribution in [0.4, 0.5) is 0 Å². The minimum absolute atomic E-state index is 0.120. The molecule has 2 saturated heterocycles. The van der Waals surface area contributed by atoms with Crippen molar-refractivity contribution >= 4 is 17.9 Å². The first-order valence-electron chi connectivity index (χ1n) is 22.5. The van der Waals surface area contributed by atoms with E-state index in [1.54, 1.807) is 91.0 Å². The van der Waals surface area contributed by atoms with Crippen LogP contribution in [-0.4, -0.2) is 93.0 Å². The van der Waals surface area contributed by atoms with E-state index < -0.39 is 85.9 Å². The van der Waals surface area contributed by atoms with Gasteiger partial charge in [0, 0.05) is 7.11 Å².